The molecule has 0 heterocycles. The van der Waals surface area contributed by atoms with Gasteiger partial charge < -0.3 is 0 Å². The molecule has 0 spiro atoms. The second-order valence-electron chi connectivity index (χ2n) is 2.67. The van der Waals surface area contributed by atoms with Crippen molar-refractivity contribution in [2.45, 2.75) is 13.3 Å². The zero-order chi connectivity index (χ0) is 8.97. The third kappa shape index (κ3) is 4.28. The van der Waals surface area contributed by atoms with Crippen LogP contribution in [0.5, 0.6) is 0 Å². The number of Topliss-reactive ketones (excluding diaryl/α,β-unsaturated/α-hetero) is 2. The van der Waals surface area contributed by atoms with Gasteiger partial charge in [-0.2, -0.15) is 0 Å². The maximum atomic E-state index is 11.2. The summed E-state index contributed by atoms with van der Waals surface area (Å²) in [6.45, 7) is 1.42. The first-order chi connectivity index (χ1) is 5.70. The van der Waals surface area contributed by atoms with E-state index in [4.69, 9.17) is 0 Å². The summed E-state index contributed by atoms with van der Waals surface area (Å²) >= 11 is 0. The van der Waals surface area contributed by atoms with E-state index in [-0.39, 0.29) is 44.2 Å². The number of ketones is 2. The van der Waals surface area contributed by atoms with Crippen molar-refractivity contribution in [2.24, 2.45) is 0 Å². The van der Waals surface area contributed by atoms with Gasteiger partial charge in [0.15, 0.2) is 5.78 Å². The minimum Gasteiger partial charge on any atom is -0.300 e. The van der Waals surface area contributed by atoms with Crippen molar-refractivity contribution in [1.29, 1.82) is 0 Å². The number of hydrogen-bond acceptors (Lipinski definition) is 2. The van der Waals surface area contributed by atoms with E-state index in [1.807, 2.05) is 6.07 Å². The van der Waals surface area contributed by atoms with Crippen LogP contribution in [-0.2, 0) is 31.0 Å². The molecule has 0 saturated heterocycles. The average molecular weight is 253 g/mol. The molecule has 13 heavy (non-hydrogen) atoms. The molecule has 1 aromatic carbocycles. The molecule has 3 heteroatoms. The molecule has 0 bridgehead atoms. The van der Waals surface area contributed by atoms with Crippen molar-refractivity contribution in [2.75, 3.05) is 0 Å². The molecule has 0 amide bonds. The Kier molecular flexibility index (Phi) is 5.73. The fourth-order valence-corrected chi connectivity index (χ4v) is 0.952. The Bertz CT molecular complexity index is 293. The van der Waals surface area contributed by atoms with E-state index < -0.39 is 0 Å². The first-order valence-corrected chi connectivity index (χ1v) is 3.78. The van der Waals surface area contributed by atoms with Gasteiger partial charge >= 0.3 is 0 Å². The average Bonchev–Trinajstić information content (AvgIpc) is 2.05. The summed E-state index contributed by atoms with van der Waals surface area (Å²) in [6, 6.07) is 8.84. The van der Waals surface area contributed by atoms with Gasteiger partial charge in [0.25, 0.3) is 0 Å². The zero-order valence-electron chi connectivity index (χ0n) is 7.41. The summed E-state index contributed by atoms with van der Waals surface area (Å²) in [5.74, 6) is -0.202. The molecule has 0 radical (unpaired) electrons. The number of benzene rings is 1. The smallest absolute Gasteiger partial charge is 0.170 e. The van der Waals surface area contributed by atoms with Crippen LogP contribution in [0.25, 0.3) is 0 Å². The molecule has 66 valence electrons. The zero-order valence-corrected chi connectivity index (χ0v) is 9.87. The number of carbonyl (C=O) groups excluding carboxylic acids is 2. The first kappa shape index (κ1) is 12.4. The summed E-state index contributed by atoms with van der Waals surface area (Å²) in [6.07, 6.45) is 0.00398. The van der Waals surface area contributed by atoms with Gasteiger partial charge in [-0.3, -0.25) is 9.59 Å². The SMILES string of the molecule is CC(=O)CC(=O)c1ccccc1.[Zr]. The summed E-state index contributed by atoms with van der Waals surface area (Å²) < 4.78 is 0. The third-order valence-corrected chi connectivity index (χ3v) is 1.51. The summed E-state index contributed by atoms with van der Waals surface area (Å²) in [7, 11) is 0. The fourth-order valence-electron chi connectivity index (χ4n) is 0.952. The van der Waals surface area contributed by atoms with Crippen molar-refractivity contribution in [3.63, 3.8) is 0 Å². The monoisotopic (exact) mass is 252 g/mol. The van der Waals surface area contributed by atoms with E-state index >= 15 is 0 Å². The number of hydrogen-bond donors (Lipinski definition) is 0. The molecule has 1 aromatic rings. The van der Waals surface area contributed by atoms with Crippen LogP contribution in [0.3, 0.4) is 0 Å². The van der Waals surface area contributed by atoms with Crippen LogP contribution < -0.4 is 0 Å². The van der Waals surface area contributed by atoms with Crippen molar-refractivity contribution >= 4 is 11.6 Å². The predicted octanol–water partition coefficient (Wildman–Crippen LogP) is 1.85. The van der Waals surface area contributed by atoms with Crippen LogP contribution in [0.15, 0.2) is 30.3 Å². The van der Waals surface area contributed by atoms with Crippen LogP contribution in [0.1, 0.15) is 23.7 Å². The van der Waals surface area contributed by atoms with Crippen molar-refractivity contribution in [3.8, 4) is 0 Å². The van der Waals surface area contributed by atoms with Gasteiger partial charge in [-0.25, -0.2) is 0 Å². The van der Waals surface area contributed by atoms with Crippen molar-refractivity contribution < 1.29 is 35.8 Å². The molecular weight excluding hydrogens is 243 g/mol. The van der Waals surface area contributed by atoms with Gasteiger partial charge in [-0.1, -0.05) is 30.3 Å². The quantitative estimate of drug-likeness (QED) is 0.608. The van der Waals surface area contributed by atoms with Crippen LogP contribution in [0.4, 0.5) is 0 Å². The topological polar surface area (TPSA) is 34.1 Å². The van der Waals surface area contributed by atoms with E-state index in [9.17, 15) is 9.59 Å². The van der Waals surface area contributed by atoms with E-state index in [2.05, 4.69) is 0 Å². The summed E-state index contributed by atoms with van der Waals surface area (Å²) in [4.78, 5) is 21.8. The van der Waals surface area contributed by atoms with E-state index in [1.54, 1.807) is 24.3 Å². The molecule has 0 unspecified atom stereocenters. The molecule has 0 atom stereocenters. The Labute approximate surface area is 96.5 Å². The molecule has 0 aliphatic carbocycles. The van der Waals surface area contributed by atoms with Gasteiger partial charge in [-0.05, 0) is 6.92 Å². The van der Waals surface area contributed by atoms with E-state index in [1.165, 1.54) is 6.92 Å². The second-order valence-corrected chi connectivity index (χ2v) is 2.67. The number of carbonyl (C=O) groups is 2. The maximum absolute atomic E-state index is 11.2. The largest absolute Gasteiger partial charge is 0.300 e. The van der Waals surface area contributed by atoms with Gasteiger partial charge in [0, 0.05) is 31.8 Å². The van der Waals surface area contributed by atoms with E-state index in [0.29, 0.717) is 5.56 Å². The Morgan fingerprint density at radius 2 is 1.69 bits per heavy atom. The molecule has 0 aromatic heterocycles. The van der Waals surface area contributed by atoms with Crippen LogP contribution in [-0.4, -0.2) is 11.6 Å². The maximum Gasteiger partial charge on any atom is 0.170 e. The predicted molar refractivity (Wildman–Crippen MR) is 46.1 cm³/mol. The number of rotatable bonds is 3. The normalized spacial score (nSPS) is 8.69. The fraction of sp³-hybridized carbons (Fsp3) is 0.200. The molecule has 0 fully saturated rings. The molecule has 0 N–H and O–H groups in total. The minimum absolute atomic E-state index is 0. The van der Waals surface area contributed by atoms with Crippen LogP contribution in [0, 0.1) is 0 Å². The minimum atomic E-state index is -0.108. The Balaban J connectivity index is 0.00000144. The van der Waals surface area contributed by atoms with Crippen molar-refractivity contribution in [3.05, 3.63) is 35.9 Å². The van der Waals surface area contributed by atoms with Gasteiger partial charge in [0.2, 0.25) is 0 Å². The Morgan fingerprint density at radius 3 is 2.15 bits per heavy atom. The van der Waals surface area contributed by atoms with Gasteiger partial charge in [-0.15, -0.1) is 0 Å². The third-order valence-electron chi connectivity index (χ3n) is 1.51. The Morgan fingerprint density at radius 1 is 1.15 bits per heavy atom. The molecule has 1 rings (SSSR count). The molecular formula is C10H10O2Zr. The molecule has 0 aliphatic heterocycles. The summed E-state index contributed by atoms with van der Waals surface area (Å²) in [5.41, 5.74) is 0.604. The first-order valence-electron chi connectivity index (χ1n) is 3.78. The van der Waals surface area contributed by atoms with E-state index in [0.717, 1.165) is 0 Å². The molecule has 0 aliphatic rings. The molecule has 0 saturated carbocycles. The second kappa shape index (κ2) is 5.98. The van der Waals surface area contributed by atoms with Crippen LogP contribution >= 0.6 is 0 Å². The Hall–Kier alpha value is -0.557. The summed E-state index contributed by atoms with van der Waals surface area (Å²) in [5, 5.41) is 0. The van der Waals surface area contributed by atoms with Gasteiger partial charge in [0.05, 0.1) is 6.42 Å². The van der Waals surface area contributed by atoms with Gasteiger partial charge in [0.1, 0.15) is 5.78 Å². The van der Waals surface area contributed by atoms with Crippen LogP contribution in [0.2, 0.25) is 0 Å². The molecule has 2 nitrogen and oxygen atoms in total. The van der Waals surface area contributed by atoms with Crippen molar-refractivity contribution in [1.82, 2.24) is 0 Å². The standard InChI is InChI=1S/C10H10O2.Zr/c1-8(11)7-10(12)9-5-3-2-4-6-9;/h2-6H,7H2,1H3;.